The van der Waals surface area contributed by atoms with Crippen molar-refractivity contribution >= 4 is 17.5 Å². The summed E-state index contributed by atoms with van der Waals surface area (Å²) in [6.45, 7) is 2.17. The van der Waals surface area contributed by atoms with Gasteiger partial charge in [0, 0.05) is 5.88 Å². The van der Waals surface area contributed by atoms with Gasteiger partial charge in [0.2, 0.25) is 0 Å². The Bertz CT molecular complexity index is 451. The fourth-order valence-corrected chi connectivity index (χ4v) is 3.05. The highest BCUT2D eigenvalue weighted by Crippen LogP contribution is 2.33. The molecule has 1 aromatic heterocycles. The second-order valence-electron chi connectivity index (χ2n) is 5.43. The summed E-state index contributed by atoms with van der Waals surface area (Å²) in [6.07, 6.45) is 5.04. The lowest BCUT2D eigenvalue weighted by Crippen LogP contribution is -2.52. The van der Waals surface area contributed by atoms with Crippen LogP contribution in [0, 0.1) is 11.7 Å². The van der Waals surface area contributed by atoms with Crippen LogP contribution in [0.15, 0.2) is 18.3 Å². The summed E-state index contributed by atoms with van der Waals surface area (Å²) in [5.74, 6) is 0.211. The van der Waals surface area contributed by atoms with Crippen molar-refractivity contribution in [2.45, 2.75) is 38.1 Å². The van der Waals surface area contributed by atoms with Gasteiger partial charge in [-0.1, -0.05) is 19.8 Å². The number of hydrogen-bond acceptors (Lipinski definition) is 2. The minimum absolute atomic E-state index is 0.226. The molecule has 0 aromatic carbocycles. The van der Waals surface area contributed by atoms with Crippen LogP contribution in [0.2, 0.25) is 0 Å². The summed E-state index contributed by atoms with van der Waals surface area (Å²) >= 11 is 6.06. The normalized spacial score (nSPS) is 27.0. The smallest absolute Gasteiger partial charge is 0.270 e. The largest absolute Gasteiger partial charge is 0.344 e. The lowest BCUT2D eigenvalue weighted by atomic mass is 9.77. The van der Waals surface area contributed by atoms with Crippen molar-refractivity contribution in [3.05, 3.63) is 29.8 Å². The third kappa shape index (κ3) is 3.44. The minimum atomic E-state index is -0.449. The number of carbonyl (C=O) groups excluding carboxylic acids is 1. The van der Waals surface area contributed by atoms with Crippen molar-refractivity contribution in [3.8, 4) is 0 Å². The molecule has 19 heavy (non-hydrogen) atoms. The van der Waals surface area contributed by atoms with E-state index < -0.39 is 5.82 Å². The van der Waals surface area contributed by atoms with Crippen molar-refractivity contribution in [2.24, 2.45) is 5.92 Å². The van der Waals surface area contributed by atoms with Gasteiger partial charge in [0.05, 0.1) is 11.7 Å². The van der Waals surface area contributed by atoms with Gasteiger partial charge in [-0.15, -0.1) is 11.6 Å². The Morgan fingerprint density at radius 3 is 3.00 bits per heavy atom. The van der Waals surface area contributed by atoms with Gasteiger partial charge in [0.25, 0.3) is 5.91 Å². The predicted molar refractivity (Wildman–Crippen MR) is 72.7 cm³/mol. The first kappa shape index (κ1) is 14.3. The molecule has 2 unspecified atom stereocenters. The van der Waals surface area contributed by atoms with Crippen molar-refractivity contribution < 1.29 is 9.18 Å². The Balaban J connectivity index is 2.09. The van der Waals surface area contributed by atoms with Crippen LogP contribution < -0.4 is 5.32 Å². The maximum absolute atomic E-state index is 12.8. The van der Waals surface area contributed by atoms with Gasteiger partial charge in [0.15, 0.2) is 0 Å². The van der Waals surface area contributed by atoms with Crippen molar-refractivity contribution in [1.29, 1.82) is 0 Å². The number of aromatic nitrogens is 1. The number of nitrogens with zero attached hydrogens (tertiary/aromatic N) is 1. The highest BCUT2D eigenvalue weighted by Gasteiger charge is 2.35. The van der Waals surface area contributed by atoms with E-state index in [9.17, 15) is 9.18 Å². The fourth-order valence-electron chi connectivity index (χ4n) is 2.74. The molecule has 1 aliphatic rings. The standard InChI is InChI=1S/C14H18ClFN2O/c1-10-3-2-6-14(7-10,9-15)18-13(19)12-5-4-11(16)8-17-12/h4-5,8,10H,2-3,6-7,9H2,1H3,(H,18,19). The number of carbonyl (C=O) groups is 1. The highest BCUT2D eigenvalue weighted by atomic mass is 35.5. The first-order valence-corrected chi connectivity index (χ1v) is 7.08. The van der Waals surface area contributed by atoms with E-state index in [4.69, 9.17) is 11.6 Å². The van der Waals surface area contributed by atoms with Crippen LogP contribution in [-0.4, -0.2) is 22.3 Å². The SMILES string of the molecule is CC1CCCC(CCl)(NC(=O)c2ccc(F)cn2)C1. The first-order valence-electron chi connectivity index (χ1n) is 6.55. The minimum Gasteiger partial charge on any atom is -0.344 e. The Hall–Kier alpha value is -1.16. The molecule has 1 N–H and O–H groups in total. The molecule has 1 aliphatic carbocycles. The van der Waals surface area contributed by atoms with Crippen LogP contribution in [-0.2, 0) is 0 Å². The molecule has 0 radical (unpaired) electrons. The summed E-state index contributed by atoms with van der Waals surface area (Å²) in [5.41, 5.74) is -0.129. The molecule has 104 valence electrons. The molecular weight excluding hydrogens is 267 g/mol. The third-order valence-corrected chi connectivity index (χ3v) is 4.20. The molecule has 1 heterocycles. The topological polar surface area (TPSA) is 42.0 Å². The second-order valence-corrected chi connectivity index (χ2v) is 5.70. The number of pyridine rings is 1. The molecule has 1 fully saturated rings. The number of amides is 1. The van der Waals surface area contributed by atoms with Crippen molar-refractivity contribution in [2.75, 3.05) is 5.88 Å². The van der Waals surface area contributed by atoms with Crippen LogP contribution in [0.3, 0.4) is 0 Å². The Morgan fingerprint density at radius 2 is 2.42 bits per heavy atom. The fraction of sp³-hybridized carbons (Fsp3) is 0.571. The second kappa shape index (κ2) is 5.87. The number of nitrogens with one attached hydrogen (secondary N) is 1. The highest BCUT2D eigenvalue weighted by molar-refractivity contribution is 6.19. The summed E-state index contributed by atoms with van der Waals surface area (Å²) in [6, 6.07) is 2.62. The molecule has 1 aromatic rings. The van der Waals surface area contributed by atoms with E-state index in [0.29, 0.717) is 11.8 Å². The van der Waals surface area contributed by atoms with Crippen LogP contribution in [0.25, 0.3) is 0 Å². The summed E-state index contributed by atoms with van der Waals surface area (Å²) in [5, 5.41) is 2.99. The molecular formula is C14H18ClFN2O. The van der Waals surface area contributed by atoms with Gasteiger partial charge < -0.3 is 5.32 Å². The summed E-state index contributed by atoms with van der Waals surface area (Å²) in [7, 11) is 0. The van der Waals surface area contributed by atoms with E-state index in [0.717, 1.165) is 25.5 Å². The van der Waals surface area contributed by atoms with E-state index >= 15 is 0 Å². The Kier molecular flexibility index (Phi) is 4.40. The summed E-state index contributed by atoms with van der Waals surface area (Å²) < 4.78 is 12.8. The van der Waals surface area contributed by atoms with Crippen LogP contribution in [0.1, 0.15) is 43.1 Å². The van der Waals surface area contributed by atoms with Crippen LogP contribution >= 0.6 is 11.6 Å². The van der Waals surface area contributed by atoms with Gasteiger partial charge in [-0.2, -0.15) is 0 Å². The maximum Gasteiger partial charge on any atom is 0.270 e. The molecule has 5 heteroatoms. The molecule has 1 amide bonds. The maximum atomic E-state index is 12.8. The van der Waals surface area contributed by atoms with Gasteiger partial charge in [-0.25, -0.2) is 9.37 Å². The van der Waals surface area contributed by atoms with E-state index in [-0.39, 0.29) is 17.1 Å². The number of alkyl halides is 1. The Morgan fingerprint density at radius 1 is 1.63 bits per heavy atom. The van der Waals surface area contributed by atoms with Crippen LogP contribution in [0.5, 0.6) is 0 Å². The molecule has 2 atom stereocenters. The lowest BCUT2D eigenvalue weighted by molar-refractivity contribution is 0.0862. The molecule has 0 bridgehead atoms. The molecule has 3 nitrogen and oxygen atoms in total. The van der Waals surface area contributed by atoms with Crippen molar-refractivity contribution in [1.82, 2.24) is 10.3 Å². The molecule has 0 spiro atoms. The van der Waals surface area contributed by atoms with Crippen LogP contribution in [0.4, 0.5) is 4.39 Å². The predicted octanol–water partition coefficient (Wildman–Crippen LogP) is 3.14. The number of hydrogen-bond donors (Lipinski definition) is 1. The van der Waals surface area contributed by atoms with E-state index in [2.05, 4.69) is 17.2 Å². The van der Waals surface area contributed by atoms with Crippen molar-refractivity contribution in [3.63, 3.8) is 0 Å². The van der Waals surface area contributed by atoms with Gasteiger partial charge >= 0.3 is 0 Å². The monoisotopic (exact) mass is 284 g/mol. The first-order chi connectivity index (χ1) is 9.04. The van der Waals surface area contributed by atoms with Gasteiger partial charge in [-0.05, 0) is 30.9 Å². The lowest BCUT2D eigenvalue weighted by Gasteiger charge is -2.39. The molecule has 0 saturated heterocycles. The molecule has 2 rings (SSSR count). The number of halogens is 2. The zero-order valence-corrected chi connectivity index (χ0v) is 11.7. The van der Waals surface area contributed by atoms with Gasteiger partial charge in [-0.3, -0.25) is 4.79 Å². The Labute approximate surface area is 117 Å². The third-order valence-electron chi connectivity index (χ3n) is 3.69. The average molecular weight is 285 g/mol. The van der Waals surface area contributed by atoms with Gasteiger partial charge in [0.1, 0.15) is 11.5 Å². The quantitative estimate of drug-likeness (QED) is 0.867. The molecule has 0 aliphatic heterocycles. The molecule has 1 saturated carbocycles. The average Bonchev–Trinajstić information content (AvgIpc) is 2.39. The van der Waals surface area contributed by atoms with E-state index in [1.54, 1.807) is 0 Å². The summed E-state index contributed by atoms with van der Waals surface area (Å²) in [4.78, 5) is 15.9. The van der Waals surface area contributed by atoms with E-state index in [1.165, 1.54) is 18.6 Å². The zero-order valence-electron chi connectivity index (χ0n) is 11.0. The number of rotatable bonds is 3. The van der Waals surface area contributed by atoms with E-state index in [1.807, 2.05) is 0 Å². The zero-order chi connectivity index (χ0) is 13.9.